The fourth-order valence-electron chi connectivity index (χ4n) is 4.05. The minimum Gasteiger partial charge on any atom is -0.352 e. The van der Waals surface area contributed by atoms with E-state index in [1.165, 1.54) is 29.2 Å². The molecule has 0 aliphatic carbocycles. The Morgan fingerprint density at radius 3 is 2.20 bits per heavy atom. The Balaban J connectivity index is 2.08. The van der Waals surface area contributed by atoms with Crippen LogP contribution >= 0.6 is 23.2 Å². The molecule has 0 aliphatic rings. The first-order chi connectivity index (χ1) is 18.9. The Hall–Kier alpha value is -3.07. The summed E-state index contributed by atoms with van der Waals surface area (Å²) in [6.07, 6.45) is 0.722. The molecule has 7 nitrogen and oxygen atoms in total. The van der Waals surface area contributed by atoms with Crippen LogP contribution in [0.25, 0.3) is 0 Å². The molecule has 0 aromatic heterocycles. The molecule has 2 unspecified atom stereocenters. The lowest BCUT2D eigenvalue weighted by Gasteiger charge is -2.33. The molecule has 0 bridgehead atoms. The number of hydrogen-bond donors (Lipinski definition) is 1. The molecule has 0 spiro atoms. The second kappa shape index (κ2) is 13.5. The maximum atomic E-state index is 14.0. The Kier molecular flexibility index (Phi) is 10.6. The second-order valence-electron chi connectivity index (χ2n) is 9.84. The summed E-state index contributed by atoms with van der Waals surface area (Å²) >= 11 is 12.7. The van der Waals surface area contributed by atoms with Gasteiger partial charge in [0.25, 0.3) is 10.0 Å². The predicted molar refractivity (Wildman–Crippen MR) is 161 cm³/mol. The summed E-state index contributed by atoms with van der Waals surface area (Å²) in [7, 11) is -4.25. The number of anilines is 1. The zero-order chi connectivity index (χ0) is 29.6. The topological polar surface area (TPSA) is 86.8 Å². The monoisotopic (exact) mass is 603 g/mol. The first-order valence-corrected chi connectivity index (χ1v) is 15.2. The standard InChI is InChI=1S/C30H35Cl2N3O4S/c1-6-22(4)33-30(37)23(5)34(18-24-11-8-7-10-21(24)3)28(36)19-35(27-13-9-12-26(31)29(27)32)40(38,39)25-16-14-20(2)15-17-25/h7-17,22-23H,6,18-19H2,1-5H3,(H,33,37). The zero-order valence-corrected chi connectivity index (χ0v) is 25.6. The quantitative estimate of drug-likeness (QED) is 0.285. The van der Waals surface area contributed by atoms with Gasteiger partial charge in [-0.1, -0.05) is 78.2 Å². The van der Waals surface area contributed by atoms with Gasteiger partial charge in [0.05, 0.1) is 20.6 Å². The van der Waals surface area contributed by atoms with E-state index < -0.39 is 28.5 Å². The first-order valence-electron chi connectivity index (χ1n) is 13.0. The predicted octanol–water partition coefficient (Wildman–Crippen LogP) is 6.14. The van der Waals surface area contributed by atoms with Crippen molar-refractivity contribution in [2.45, 2.75) is 64.6 Å². The van der Waals surface area contributed by atoms with Gasteiger partial charge in [-0.25, -0.2) is 8.42 Å². The number of nitrogens with one attached hydrogen (secondary N) is 1. The molecule has 3 aromatic rings. The molecule has 0 saturated carbocycles. The fraction of sp³-hybridized carbons (Fsp3) is 0.333. The van der Waals surface area contributed by atoms with E-state index in [2.05, 4.69) is 5.32 Å². The number of aryl methyl sites for hydroxylation is 2. The number of carbonyl (C=O) groups is 2. The molecular formula is C30H35Cl2N3O4S. The van der Waals surface area contributed by atoms with Crippen molar-refractivity contribution in [1.29, 1.82) is 0 Å². The van der Waals surface area contributed by atoms with Crippen LogP contribution in [0.1, 0.15) is 43.9 Å². The summed E-state index contributed by atoms with van der Waals surface area (Å²) in [5, 5.41) is 3.07. The Bertz CT molecular complexity index is 1460. The molecule has 214 valence electrons. The molecule has 10 heteroatoms. The number of halogens is 2. The third kappa shape index (κ3) is 7.36. The highest BCUT2D eigenvalue weighted by molar-refractivity contribution is 7.92. The summed E-state index contributed by atoms with van der Waals surface area (Å²) in [5.74, 6) is -0.896. The van der Waals surface area contributed by atoms with Crippen LogP contribution in [-0.2, 0) is 26.2 Å². The number of hydrogen-bond acceptors (Lipinski definition) is 4. The van der Waals surface area contributed by atoms with Gasteiger partial charge in [0, 0.05) is 12.6 Å². The van der Waals surface area contributed by atoms with Crippen LogP contribution in [0, 0.1) is 13.8 Å². The van der Waals surface area contributed by atoms with E-state index in [0.29, 0.717) is 0 Å². The molecule has 0 saturated heterocycles. The van der Waals surface area contributed by atoms with Gasteiger partial charge in [-0.15, -0.1) is 0 Å². The second-order valence-corrected chi connectivity index (χ2v) is 12.5. The van der Waals surface area contributed by atoms with Gasteiger partial charge in [0.2, 0.25) is 11.8 Å². The fourth-order valence-corrected chi connectivity index (χ4v) is 5.93. The van der Waals surface area contributed by atoms with E-state index >= 15 is 0 Å². The summed E-state index contributed by atoms with van der Waals surface area (Å²) in [4.78, 5) is 28.6. The summed E-state index contributed by atoms with van der Waals surface area (Å²) < 4.78 is 28.8. The lowest BCUT2D eigenvalue weighted by atomic mass is 10.1. The lowest BCUT2D eigenvalue weighted by molar-refractivity contribution is -0.139. The third-order valence-corrected chi connectivity index (χ3v) is 9.44. The maximum absolute atomic E-state index is 14.0. The molecule has 3 aromatic carbocycles. The highest BCUT2D eigenvalue weighted by Crippen LogP contribution is 2.35. The van der Waals surface area contributed by atoms with Crippen molar-refractivity contribution in [2.24, 2.45) is 0 Å². The van der Waals surface area contributed by atoms with Crippen molar-refractivity contribution in [3.63, 3.8) is 0 Å². The van der Waals surface area contributed by atoms with Crippen LogP contribution < -0.4 is 9.62 Å². The first kappa shape index (κ1) is 31.5. The van der Waals surface area contributed by atoms with Gasteiger partial charge >= 0.3 is 0 Å². The van der Waals surface area contributed by atoms with E-state index in [-0.39, 0.29) is 39.1 Å². The van der Waals surface area contributed by atoms with Crippen LogP contribution in [-0.4, -0.2) is 43.8 Å². The molecule has 2 amide bonds. The highest BCUT2D eigenvalue weighted by Gasteiger charge is 2.34. The van der Waals surface area contributed by atoms with Gasteiger partial charge in [0.15, 0.2) is 0 Å². The SMILES string of the molecule is CCC(C)NC(=O)C(C)N(Cc1ccccc1C)C(=O)CN(c1cccc(Cl)c1Cl)S(=O)(=O)c1ccc(C)cc1. The zero-order valence-electron chi connectivity index (χ0n) is 23.3. The Labute approximate surface area is 247 Å². The number of benzene rings is 3. The van der Waals surface area contributed by atoms with Gasteiger partial charge in [0.1, 0.15) is 12.6 Å². The third-order valence-electron chi connectivity index (χ3n) is 6.86. The molecule has 0 fully saturated rings. The van der Waals surface area contributed by atoms with Gasteiger partial charge in [-0.3, -0.25) is 13.9 Å². The molecule has 0 heterocycles. The van der Waals surface area contributed by atoms with E-state index in [4.69, 9.17) is 23.2 Å². The number of carbonyl (C=O) groups excluding carboxylic acids is 2. The maximum Gasteiger partial charge on any atom is 0.264 e. The minimum absolute atomic E-state index is 0.000620. The lowest BCUT2D eigenvalue weighted by Crippen LogP contribution is -2.52. The van der Waals surface area contributed by atoms with E-state index in [1.807, 2.05) is 52.0 Å². The van der Waals surface area contributed by atoms with Gasteiger partial charge in [-0.05, 0) is 69.5 Å². The smallest absolute Gasteiger partial charge is 0.264 e. The van der Waals surface area contributed by atoms with Gasteiger partial charge < -0.3 is 10.2 Å². The van der Waals surface area contributed by atoms with Gasteiger partial charge in [-0.2, -0.15) is 0 Å². The number of rotatable bonds is 11. The molecule has 3 rings (SSSR count). The number of sulfonamides is 1. The Morgan fingerprint density at radius 2 is 1.57 bits per heavy atom. The van der Waals surface area contributed by atoms with Crippen molar-refractivity contribution >= 4 is 50.7 Å². The largest absolute Gasteiger partial charge is 0.352 e. The van der Waals surface area contributed by atoms with Crippen molar-refractivity contribution < 1.29 is 18.0 Å². The van der Waals surface area contributed by atoms with Crippen LogP contribution in [0.3, 0.4) is 0 Å². The molecule has 0 radical (unpaired) electrons. The van der Waals surface area contributed by atoms with Crippen molar-refractivity contribution in [3.8, 4) is 0 Å². The van der Waals surface area contributed by atoms with Crippen LogP contribution in [0.4, 0.5) is 5.69 Å². The average Bonchev–Trinajstić information content (AvgIpc) is 2.92. The van der Waals surface area contributed by atoms with Crippen molar-refractivity contribution in [2.75, 3.05) is 10.8 Å². The average molecular weight is 605 g/mol. The van der Waals surface area contributed by atoms with Crippen molar-refractivity contribution in [1.82, 2.24) is 10.2 Å². The van der Waals surface area contributed by atoms with Crippen LogP contribution in [0.5, 0.6) is 0 Å². The summed E-state index contributed by atoms with van der Waals surface area (Å²) in [5.41, 5.74) is 2.73. The highest BCUT2D eigenvalue weighted by atomic mass is 35.5. The molecule has 40 heavy (non-hydrogen) atoms. The summed E-state index contributed by atoms with van der Waals surface area (Å²) in [6.45, 7) is 8.76. The number of amides is 2. The van der Waals surface area contributed by atoms with Crippen LogP contribution in [0.15, 0.2) is 71.6 Å². The molecule has 2 atom stereocenters. The molecule has 0 aliphatic heterocycles. The van der Waals surface area contributed by atoms with E-state index in [1.54, 1.807) is 25.1 Å². The summed E-state index contributed by atoms with van der Waals surface area (Å²) in [6, 6.07) is 17.5. The molecular weight excluding hydrogens is 569 g/mol. The number of nitrogens with zero attached hydrogens (tertiary/aromatic N) is 2. The minimum atomic E-state index is -4.25. The van der Waals surface area contributed by atoms with E-state index in [0.717, 1.165) is 27.4 Å². The van der Waals surface area contributed by atoms with E-state index in [9.17, 15) is 18.0 Å². The van der Waals surface area contributed by atoms with Crippen LogP contribution in [0.2, 0.25) is 10.0 Å². The normalized spacial score (nSPS) is 12.9. The Morgan fingerprint density at radius 1 is 0.925 bits per heavy atom. The molecule has 1 N–H and O–H groups in total. The van der Waals surface area contributed by atoms with Crippen molar-refractivity contribution in [3.05, 3.63) is 93.5 Å².